The van der Waals surface area contributed by atoms with Gasteiger partial charge in [-0.2, -0.15) is 4.98 Å². The number of aliphatic hydroxyl groups excluding tert-OH is 2. The van der Waals surface area contributed by atoms with E-state index in [2.05, 4.69) is 4.98 Å². The van der Waals surface area contributed by atoms with Crippen molar-refractivity contribution >= 4 is 5.82 Å². The third kappa shape index (κ3) is 2.61. The largest absolute Gasteiger partial charge is 0.394 e. The van der Waals surface area contributed by atoms with Crippen molar-refractivity contribution in [1.29, 1.82) is 0 Å². The predicted molar refractivity (Wildman–Crippen MR) is 65.3 cm³/mol. The van der Waals surface area contributed by atoms with Gasteiger partial charge in [0.2, 0.25) is 0 Å². The molecule has 0 aliphatic carbocycles. The Labute approximate surface area is 109 Å². The van der Waals surface area contributed by atoms with Gasteiger partial charge in [0.1, 0.15) is 24.1 Å². The van der Waals surface area contributed by atoms with Crippen LogP contribution in [0.1, 0.15) is 13.2 Å². The van der Waals surface area contributed by atoms with Gasteiger partial charge in [0.05, 0.1) is 6.61 Å². The summed E-state index contributed by atoms with van der Waals surface area (Å²) < 4.78 is 12.0. The van der Waals surface area contributed by atoms with Gasteiger partial charge in [0.15, 0.2) is 6.23 Å². The Bertz CT molecular complexity index is 491. The summed E-state index contributed by atoms with van der Waals surface area (Å²) in [6, 6.07) is 1.45. The average Bonchev–Trinajstić information content (AvgIpc) is 2.68. The molecule has 4 atom stereocenters. The van der Waals surface area contributed by atoms with E-state index in [0.717, 1.165) is 0 Å². The zero-order valence-electron chi connectivity index (χ0n) is 10.5. The smallest absolute Gasteiger partial charge is 0.351 e. The molecule has 19 heavy (non-hydrogen) atoms. The first-order valence-electron chi connectivity index (χ1n) is 5.99. The number of anilines is 1. The summed E-state index contributed by atoms with van der Waals surface area (Å²) in [5, 5.41) is 19.1. The lowest BCUT2D eigenvalue weighted by atomic mass is 10.1. The van der Waals surface area contributed by atoms with Crippen LogP contribution in [0.3, 0.4) is 0 Å². The second-order valence-corrected chi connectivity index (χ2v) is 4.20. The van der Waals surface area contributed by atoms with Crippen LogP contribution in [0, 0.1) is 0 Å². The van der Waals surface area contributed by atoms with Crippen LogP contribution >= 0.6 is 0 Å². The van der Waals surface area contributed by atoms with Crippen molar-refractivity contribution in [3.05, 3.63) is 22.7 Å². The van der Waals surface area contributed by atoms with Crippen LogP contribution in [0.2, 0.25) is 0 Å². The van der Waals surface area contributed by atoms with Crippen molar-refractivity contribution in [2.24, 2.45) is 0 Å². The number of rotatable bonds is 4. The van der Waals surface area contributed by atoms with E-state index in [1.165, 1.54) is 16.8 Å². The van der Waals surface area contributed by atoms with E-state index in [0.29, 0.717) is 6.61 Å². The molecule has 106 valence electrons. The van der Waals surface area contributed by atoms with E-state index in [4.69, 9.17) is 20.3 Å². The molecule has 0 saturated carbocycles. The molecule has 4 N–H and O–H groups in total. The molecule has 2 rings (SSSR count). The summed E-state index contributed by atoms with van der Waals surface area (Å²) in [6.07, 6.45) is -1.98. The minimum absolute atomic E-state index is 0.103. The van der Waals surface area contributed by atoms with Gasteiger partial charge in [-0.25, -0.2) is 4.79 Å². The van der Waals surface area contributed by atoms with E-state index in [1.54, 1.807) is 6.92 Å². The molecule has 1 aromatic heterocycles. The molecule has 1 fully saturated rings. The Morgan fingerprint density at radius 1 is 1.63 bits per heavy atom. The van der Waals surface area contributed by atoms with Crippen molar-refractivity contribution in [1.82, 2.24) is 9.55 Å². The molecule has 2 heterocycles. The fraction of sp³-hybridized carbons (Fsp3) is 0.636. The Hall–Kier alpha value is -1.48. The summed E-state index contributed by atoms with van der Waals surface area (Å²) in [7, 11) is 0. The van der Waals surface area contributed by atoms with Crippen LogP contribution in [0.25, 0.3) is 0 Å². The zero-order chi connectivity index (χ0) is 14.0. The molecule has 0 spiro atoms. The van der Waals surface area contributed by atoms with Gasteiger partial charge in [-0.3, -0.25) is 4.57 Å². The SMILES string of the molecule is CCO[C@@H]1[C@H](O)[C@@H](CO)O[C@H]1n1ccc(N)nc1=O. The van der Waals surface area contributed by atoms with Crippen LogP contribution in [-0.2, 0) is 9.47 Å². The number of ether oxygens (including phenoxy) is 2. The van der Waals surface area contributed by atoms with Gasteiger partial charge < -0.3 is 25.4 Å². The molecule has 0 amide bonds. The minimum Gasteiger partial charge on any atom is -0.394 e. The number of nitrogens with two attached hydrogens (primary N) is 1. The topological polar surface area (TPSA) is 120 Å². The molecule has 0 bridgehead atoms. The maximum Gasteiger partial charge on any atom is 0.351 e. The number of aliphatic hydroxyl groups is 2. The molecule has 1 aromatic rings. The summed E-state index contributed by atoms with van der Waals surface area (Å²) >= 11 is 0. The van der Waals surface area contributed by atoms with Crippen molar-refractivity contribution in [2.75, 3.05) is 18.9 Å². The third-order valence-corrected chi connectivity index (χ3v) is 2.98. The summed E-state index contributed by atoms with van der Waals surface area (Å²) in [4.78, 5) is 15.4. The van der Waals surface area contributed by atoms with Crippen LogP contribution in [0.4, 0.5) is 5.82 Å². The van der Waals surface area contributed by atoms with Gasteiger partial charge in [-0.05, 0) is 13.0 Å². The Morgan fingerprint density at radius 3 is 2.95 bits per heavy atom. The second-order valence-electron chi connectivity index (χ2n) is 4.20. The first-order valence-corrected chi connectivity index (χ1v) is 5.99. The number of nitrogen functional groups attached to an aromatic ring is 1. The van der Waals surface area contributed by atoms with E-state index >= 15 is 0 Å². The molecule has 0 unspecified atom stereocenters. The highest BCUT2D eigenvalue weighted by Crippen LogP contribution is 2.30. The quantitative estimate of drug-likeness (QED) is 0.608. The molecule has 1 aliphatic heterocycles. The van der Waals surface area contributed by atoms with Crippen molar-refractivity contribution in [3.8, 4) is 0 Å². The monoisotopic (exact) mass is 271 g/mol. The van der Waals surface area contributed by atoms with Gasteiger partial charge >= 0.3 is 5.69 Å². The van der Waals surface area contributed by atoms with Gasteiger partial charge in [-0.1, -0.05) is 0 Å². The minimum atomic E-state index is -1.01. The standard InChI is InChI=1S/C11H17N3O5/c1-2-18-9-8(16)6(5-15)19-10(9)14-4-3-7(12)13-11(14)17/h3-4,6,8-10,15-16H,2,5H2,1H3,(H2,12,13,17)/t6-,8-,9-,10-/m1/s1. The fourth-order valence-electron chi connectivity index (χ4n) is 2.09. The van der Waals surface area contributed by atoms with Crippen LogP contribution in [0.15, 0.2) is 17.1 Å². The summed E-state index contributed by atoms with van der Waals surface area (Å²) in [5.74, 6) is 0.103. The highest BCUT2D eigenvalue weighted by Gasteiger charge is 2.45. The number of aromatic nitrogens is 2. The average molecular weight is 271 g/mol. The highest BCUT2D eigenvalue weighted by molar-refractivity contribution is 5.23. The Balaban J connectivity index is 2.33. The lowest BCUT2D eigenvalue weighted by Gasteiger charge is -2.21. The molecule has 0 radical (unpaired) electrons. The molecule has 8 heteroatoms. The second kappa shape index (κ2) is 5.66. The maximum absolute atomic E-state index is 11.8. The zero-order valence-corrected chi connectivity index (χ0v) is 10.5. The molecule has 1 aliphatic rings. The summed E-state index contributed by atoms with van der Waals surface area (Å²) in [5.41, 5.74) is 4.82. The van der Waals surface area contributed by atoms with Crippen molar-refractivity contribution < 1.29 is 19.7 Å². The molecule has 1 saturated heterocycles. The third-order valence-electron chi connectivity index (χ3n) is 2.98. The van der Waals surface area contributed by atoms with Crippen LogP contribution in [-0.4, -0.2) is 51.3 Å². The summed E-state index contributed by atoms with van der Waals surface area (Å²) in [6.45, 7) is 1.75. The fourth-order valence-corrected chi connectivity index (χ4v) is 2.09. The first kappa shape index (κ1) is 13.9. The lowest BCUT2D eigenvalue weighted by molar-refractivity contribution is -0.0716. The Kier molecular flexibility index (Phi) is 4.15. The molecule has 0 aromatic carbocycles. The van der Waals surface area contributed by atoms with Gasteiger partial charge in [0.25, 0.3) is 0 Å². The predicted octanol–water partition coefficient (Wildman–Crippen LogP) is -1.52. The number of hydrogen-bond acceptors (Lipinski definition) is 7. The van der Waals surface area contributed by atoms with E-state index in [-0.39, 0.29) is 12.4 Å². The number of nitrogens with zero attached hydrogens (tertiary/aromatic N) is 2. The molecular formula is C11H17N3O5. The van der Waals surface area contributed by atoms with Crippen LogP contribution in [0.5, 0.6) is 0 Å². The van der Waals surface area contributed by atoms with Crippen molar-refractivity contribution in [3.63, 3.8) is 0 Å². The van der Waals surface area contributed by atoms with Gasteiger partial charge in [-0.15, -0.1) is 0 Å². The normalized spacial score (nSPS) is 30.7. The molecular weight excluding hydrogens is 254 g/mol. The van der Waals surface area contributed by atoms with E-state index < -0.39 is 30.2 Å². The van der Waals surface area contributed by atoms with Gasteiger partial charge in [0, 0.05) is 12.8 Å². The van der Waals surface area contributed by atoms with E-state index in [1.807, 2.05) is 0 Å². The molecule has 8 nitrogen and oxygen atoms in total. The lowest BCUT2D eigenvalue weighted by Crippen LogP contribution is -2.38. The maximum atomic E-state index is 11.8. The number of hydrogen-bond donors (Lipinski definition) is 3. The Morgan fingerprint density at radius 2 is 2.37 bits per heavy atom. The van der Waals surface area contributed by atoms with Crippen LogP contribution < -0.4 is 11.4 Å². The van der Waals surface area contributed by atoms with Crippen molar-refractivity contribution in [2.45, 2.75) is 31.5 Å². The highest BCUT2D eigenvalue weighted by atomic mass is 16.6. The first-order chi connectivity index (χ1) is 9.08. The van der Waals surface area contributed by atoms with E-state index in [9.17, 15) is 9.90 Å².